The van der Waals surface area contributed by atoms with Gasteiger partial charge in [0.2, 0.25) is 0 Å². The summed E-state index contributed by atoms with van der Waals surface area (Å²) < 4.78 is 0. The van der Waals surface area contributed by atoms with E-state index < -0.39 is 0 Å². The lowest BCUT2D eigenvalue weighted by Crippen LogP contribution is -2.39. The highest BCUT2D eigenvalue weighted by Gasteiger charge is 2.22. The van der Waals surface area contributed by atoms with Crippen molar-refractivity contribution in [1.29, 1.82) is 0 Å². The number of hydrogen-bond donors (Lipinski definition) is 1. The number of Topliss-reactive ketones (excluding diaryl/α,β-unsaturated/α-hetero) is 1. The first-order valence-electron chi connectivity index (χ1n) is 7.30. The van der Waals surface area contributed by atoms with Gasteiger partial charge >= 0.3 is 0 Å². The number of hydrogen-bond acceptors (Lipinski definition) is 3. The van der Waals surface area contributed by atoms with E-state index in [4.69, 9.17) is 5.73 Å². The molecule has 3 heteroatoms. The molecule has 1 aromatic carbocycles. The summed E-state index contributed by atoms with van der Waals surface area (Å²) in [6.45, 7) is 4.90. The maximum absolute atomic E-state index is 11.6. The summed E-state index contributed by atoms with van der Waals surface area (Å²) >= 11 is 0. The Morgan fingerprint density at radius 1 is 1.42 bits per heavy atom. The van der Waals surface area contributed by atoms with E-state index in [9.17, 15) is 4.79 Å². The summed E-state index contributed by atoms with van der Waals surface area (Å²) in [7, 11) is 0. The highest BCUT2D eigenvalue weighted by Crippen LogP contribution is 2.29. The molecule has 1 aliphatic rings. The van der Waals surface area contributed by atoms with Crippen LogP contribution in [0.2, 0.25) is 0 Å². The number of anilines is 2. The maximum atomic E-state index is 11.6. The van der Waals surface area contributed by atoms with Crippen LogP contribution in [-0.2, 0) is 0 Å². The van der Waals surface area contributed by atoms with Gasteiger partial charge in [0.15, 0.2) is 5.78 Å². The van der Waals surface area contributed by atoms with Gasteiger partial charge in [-0.2, -0.15) is 0 Å². The van der Waals surface area contributed by atoms with Gasteiger partial charge in [0.05, 0.1) is 0 Å². The number of nitrogen functional groups attached to an aromatic ring is 1. The molecule has 0 saturated carbocycles. The van der Waals surface area contributed by atoms with Gasteiger partial charge in [-0.05, 0) is 50.8 Å². The quantitative estimate of drug-likeness (QED) is 0.664. The average molecular weight is 260 g/mol. The summed E-state index contributed by atoms with van der Waals surface area (Å²) in [6, 6.07) is 6.49. The fourth-order valence-corrected chi connectivity index (χ4v) is 3.00. The number of carbonyl (C=O) groups is 1. The van der Waals surface area contributed by atoms with Crippen LogP contribution in [-0.4, -0.2) is 18.4 Å². The van der Waals surface area contributed by atoms with E-state index in [1.807, 2.05) is 12.1 Å². The molecule has 0 radical (unpaired) electrons. The minimum absolute atomic E-state index is 0.0448. The van der Waals surface area contributed by atoms with E-state index >= 15 is 0 Å². The first-order valence-corrected chi connectivity index (χ1v) is 7.30. The minimum atomic E-state index is 0.0448. The van der Waals surface area contributed by atoms with Gasteiger partial charge in [-0.3, -0.25) is 4.79 Å². The second kappa shape index (κ2) is 6.09. The van der Waals surface area contributed by atoms with Gasteiger partial charge in [-0.25, -0.2) is 0 Å². The van der Waals surface area contributed by atoms with Gasteiger partial charge in [0, 0.05) is 29.5 Å². The van der Waals surface area contributed by atoms with Gasteiger partial charge in [-0.15, -0.1) is 0 Å². The SMILES string of the molecule is CCCC1CCCCN1c1ccc(N)c(C(C)=O)c1. The Kier molecular flexibility index (Phi) is 4.46. The number of ketones is 1. The molecule has 19 heavy (non-hydrogen) atoms. The fraction of sp³-hybridized carbons (Fsp3) is 0.562. The molecule has 1 aliphatic heterocycles. The topological polar surface area (TPSA) is 46.3 Å². The molecule has 1 atom stereocenters. The third kappa shape index (κ3) is 3.09. The fourth-order valence-electron chi connectivity index (χ4n) is 3.00. The van der Waals surface area contributed by atoms with Crippen LogP contribution in [0.1, 0.15) is 56.3 Å². The third-order valence-electron chi connectivity index (χ3n) is 4.00. The number of nitrogens with zero attached hydrogens (tertiary/aromatic N) is 1. The average Bonchev–Trinajstić information content (AvgIpc) is 2.40. The van der Waals surface area contributed by atoms with Crippen molar-refractivity contribution < 1.29 is 4.79 Å². The van der Waals surface area contributed by atoms with Crippen molar-refractivity contribution >= 4 is 17.2 Å². The van der Waals surface area contributed by atoms with E-state index in [1.165, 1.54) is 32.1 Å². The second-order valence-electron chi connectivity index (χ2n) is 5.46. The highest BCUT2D eigenvalue weighted by atomic mass is 16.1. The predicted octanol–water partition coefficient (Wildman–Crippen LogP) is 3.63. The van der Waals surface area contributed by atoms with Crippen molar-refractivity contribution in [3.63, 3.8) is 0 Å². The molecule has 0 amide bonds. The van der Waals surface area contributed by atoms with E-state index in [0.717, 1.165) is 12.2 Å². The summed E-state index contributed by atoms with van der Waals surface area (Å²) in [5, 5.41) is 0. The van der Waals surface area contributed by atoms with Crippen LogP contribution in [0.15, 0.2) is 18.2 Å². The standard InChI is InChI=1S/C16H24N2O/c1-3-6-13-7-4-5-10-18(13)14-8-9-16(17)15(11-14)12(2)19/h8-9,11,13H,3-7,10,17H2,1-2H3. The normalized spacial score (nSPS) is 19.5. The molecule has 1 aromatic rings. The lowest BCUT2D eigenvalue weighted by Gasteiger charge is -2.38. The lowest BCUT2D eigenvalue weighted by molar-refractivity contribution is 0.101. The van der Waals surface area contributed by atoms with Crippen LogP contribution >= 0.6 is 0 Å². The van der Waals surface area contributed by atoms with E-state index in [1.54, 1.807) is 6.92 Å². The van der Waals surface area contributed by atoms with Crippen LogP contribution in [0.5, 0.6) is 0 Å². The molecule has 1 heterocycles. The highest BCUT2D eigenvalue weighted by molar-refractivity contribution is 6.00. The molecule has 2 N–H and O–H groups in total. The van der Waals surface area contributed by atoms with Crippen molar-refractivity contribution in [2.45, 2.75) is 52.0 Å². The number of rotatable bonds is 4. The third-order valence-corrected chi connectivity index (χ3v) is 4.00. The Labute approximate surface area is 115 Å². The van der Waals surface area contributed by atoms with Gasteiger partial charge in [0.1, 0.15) is 0 Å². The molecular weight excluding hydrogens is 236 g/mol. The molecule has 1 fully saturated rings. The van der Waals surface area contributed by atoms with Crippen LogP contribution in [0.25, 0.3) is 0 Å². The Morgan fingerprint density at radius 3 is 2.89 bits per heavy atom. The summed E-state index contributed by atoms with van der Waals surface area (Å²) in [4.78, 5) is 14.1. The Hall–Kier alpha value is -1.51. The first kappa shape index (κ1) is 13.9. The first-order chi connectivity index (χ1) is 9.13. The second-order valence-corrected chi connectivity index (χ2v) is 5.46. The molecule has 104 valence electrons. The largest absolute Gasteiger partial charge is 0.398 e. The number of benzene rings is 1. The number of piperidine rings is 1. The molecule has 2 rings (SSSR count). The molecule has 0 spiro atoms. The summed E-state index contributed by atoms with van der Waals surface area (Å²) in [5.41, 5.74) is 8.26. The van der Waals surface area contributed by atoms with Crippen LogP contribution in [0.3, 0.4) is 0 Å². The molecule has 1 unspecified atom stereocenters. The van der Waals surface area contributed by atoms with E-state index in [0.29, 0.717) is 17.3 Å². The van der Waals surface area contributed by atoms with Gasteiger partial charge < -0.3 is 10.6 Å². The van der Waals surface area contributed by atoms with Crippen molar-refractivity contribution in [1.82, 2.24) is 0 Å². The predicted molar refractivity (Wildman–Crippen MR) is 80.8 cm³/mol. The van der Waals surface area contributed by atoms with Crippen molar-refractivity contribution in [3.05, 3.63) is 23.8 Å². The monoisotopic (exact) mass is 260 g/mol. The molecule has 3 nitrogen and oxygen atoms in total. The molecule has 0 bridgehead atoms. The zero-order valence-electron chi connectivity index (χ0n) is 12.0. The van der Waals surface area contributed by atoms with E-state index in [-0.39, 0.29) is 5.78 Å². The van der Waals surface area contributed by atoms with Gasteiger partial charge in [-0.1, -0.05) is 13.3 Å². The van der Waals surface area contributed by atoms with Gasteiger partial charge in [0.25, 0.3) is 0 Å². The van der Waals surface area contributed by atoms with Crippen LogP contribution in [0, 0.1) is 0 Å². The number of carbonyl (C=O) groups excluding carboxylic acids is 1. The zero-order valence-corrected chi connectivity index (χ0v) is 12.0. The zero-order chi connectivity index (χ0) is 13.8. The Balaban J connectivity index is 2.28. The molecular formula is C16H24N2O. The Bertz CT molecular complexity index is 454. The maximum Gasteiger partial charge on any atom is 0.161 e. The minimum Gasteiger partial charge on any atom is -0.398 e. The molecule has 0 aliphatic carbocycles. The Morgan fingerprint density at radius 2 is 2.21 bits per heavy atom. The molecule has 1 saturated heterocycles. The van der Waals surface area contributed by atoms with Crippen molar-refractivity contribution in [3.8, 4) is 0 Å². The van der Waals surface area contributed by atoms with Crippen molar-refractivity contribution in [2.24, 2.45) is 0 Å². The van der Waals surface area contributed by atoms with Crippen LogP contribution < -0.4 is 10.6 Å². The molecule has 0 aromatic heterocycles. The number of nitrogens with two attached hydrogens (primary N) is 1. The smallest absolute Gasteiger partial charge is 0.161 e. The lowest BCUT2D eigenvalue weighted by atomic mass is 9.96. The van der Waals surface area contributed by atoms with Crippen molar-refractivity contribution in [2.75, 3.05) is 17.2 Å². The summed E-state index contributed by atoms with van der Waals surface area (Å²) in [5.74, 6) is 0.0448. The summed E-state index contributed by atoms with van der Waals surface area (Å²) in [6.07, 6.45) is 6.23. The van der Waals surface area contributed by atoms with Crippen LogP contribution in [0.4, 0.5) is 11.4 Å². The van der Waals surface area contributed by atoms with E-state index in [2.05, 4.69) is 17.9 Å².